The van der Waals surface area contributed by atoms with E-state index >= 15 is 0 Å². The fraction of sp³-hybridized carbons (Fsp3) is 0.615. The van der Waals surface area contributed by atoms with E-state index in [2.05, 4.69) is 14.3 Å². The molecule has 210 valence electrons. The van der Waals surface area contributed by atoms with Crippen LogP contribution >= 0.6 is 12.1 Å². The maximum Gasteiger partial charge on any atom is 0.262 e. The number of carbonyl (C=O) groups excluding carboxylic acids is 4. The maximum absolute atomic E-state index is 13.1. The number of ether oxygens (including phenoxy) is 2. The highest BCUT2D eigenvalue weighted by molar-refractivity contribution is 7.95. The third-order valence-corrected chi connectivity index (χ3v) is 7.57. The number of amides is 3. The van der Waals surface area contributed by atoms with E-state index in [-0.39, 0.29) is 18.7 Å². The number of carbonyl (C=O) groups is 4. The van der Waals surface area contributed by atoms with Crippen molar-refractivity contribution in [2.24, 2.45) is 5.73 Å². The molecule has 1 aromatic rings. The van der Waals surface area contributed by atoms with Crippen LogP contribution in [0.25, 0.3) is 0 Å². The van der Waals surface area contributed by atoms with Crippen LogP contribution in [0.15, 0.2) is 18.2 Å². The van der Waals surface area contributed by atoms with Crippen LogP contribution in [-0.2, 0) is 25.5 Å². The van der Waals surface area contributed by atoms with Crippen LogP contribution in [0.4, 0.5) is 0 Å². The van der Waals surface area contributed by atoms with E-state index in [1.54, 1.807) is 24.3 Å². The summed E-state index contributed by atoms with van der Waals surface area (Å²) in [5.74, 6) is -1.24. The van der Waals surface area contributed by atoms with Crippen LogP contribution in [0.5, 0.6) is 0 Å². The predicted octanol–water partition coefficient (Wildman–Crippen LogP) is 0.918. The molecular formula is C26H39N5O6S. The first-order chi connectivity index (χ1) is 18.5. The van der Waals surface area contributed by atoms with E-state index in [9.17, 15) is 19.2 Å². The molecule has 1 aromatic carbocycles. The molecule has 0 saturated carbocycles. The molecule has 2 aliphatic heterocycles. The molecule has 0 aliphatic carbocycles. The molecule has 1 fully saturated rings. The molecule has 0 radical (unpaired) electrons. The van der Waals surface area contributed by atoms with E-state index < -0.39 is 17.9 Å². The number of nitrogens with one attached hydrogen (secondary N) is 2. The minimum Gasteiger partial charge on any atom is -0.379 e. The minimum atomic E-state index is -0.978. The molecule has 12 heteroatoms. The van der Waals surface area contributed by atoms with Crippen LogP contribution in [0.2, 0.25) is 0 Å². The first-order valence-corrected chi connectivity index (χ1v) is 13.9. The molecule has 1 unspecified atom stereocenters. The van der Waals surface area contributed by atoms with Gasteiger partial charge in [0.05, 0.1) is 37.0 Å². The van der Waals surface area contributed by atoms with E-state index in [4.69, 9.17) is 15.2 Å². The van der Waals surface area contributed by atoms with Gasteiger partial charge in [0.2, 0.25) is 5.91 Å². The van der Waals surface area contributed by atoms with Gasteiger partial charge in [-0.15, -0.1) is 0 Å². The van der Waals surface area contributed by atoms with Gasteiger partial charge < -0.3 is 25.3 Å². The normalized spacial score (nSPS) is 17.1. The Morgan fingerprint density at radius 3 is 2.61 bits per heavy atom. The van der Waals surface area contributed by atoms with Crippen LogP contribution in [0, 0.1) is 0 Å². The zero-order valence-electron chi connectivity index (χ0n) is 22.0. The molecule has 1 saturated heterocycles. The maximum atomic E-state index is 13.1. The molecule has 1 atom stereocenters. The number of benzene rings is 1. The molecule has 38 heavy (non-hydrogen) atoms. The molecule has 0 bridgehead atoms. The SMILES string of the molecule is CNC(=O)CCC(C=O)N1C(=O)c2cccc(CCCOCCOCCNSN3CCC(N)CC3)c2C1=O. The molecule has 3 amide bonds. The molecule has 2 aliphatic rings. The predicted molar refractivity (Wildman–Crippen MR) is 144 cm³/mol. The first kappa shape index (κ1) is 30.2. The standard InChI is InChI=1S/C26H39N5O6S/c1-28-23(33)8-7-21(18-32)31-25(34)22-6-2-4-19(24(22)26(31)35)5-3-14-36-16-17-37-15-11-29-38-30-12-9-20(27)10-13-30/h2,4,6,18,20-21,29H,3,5,7-17,27H2,1H3,(H,28,33). The number of rotatable bonds is 17. The fourth-order valence-electron chi connectivity index (χ4n) is 4.45. The average molecular weight is 550 g/mol. The zero-order valence-corrected chi connectivity index (χ0v) is 22.8. The van der Waals surface area contributed by atoms with Gasteiger partial charge >= 0.3 is 0 Å². The number of aldehydes is 1. The smallest absolute Gasteiger partial charge is 0.262 e. The molecular weight excluding hydrogens is 510 g/mol. The average Bonchev–Trinajstić information content (AvgIpc) is 3.18. The number of fused-ring (bicyclic) bond motifs is 1. The quantitative estimate of drug-likeness (QED) is 0.111. The topological polar surface area (TPSA) is 143 Å². The summed E-state index contributed by atoms with van der Waals surface area (Å²) in [6.45, 7) is 4.80. The van der Waals surface area contributed by atoms with Gasteiger partial charge in [-0.1, -0.05) is 12.1 Å². The fourth-order valence-corrected chi connectivity index (χ4v) is 5.20. The van der Waals surface area contributed by atoms with Gasteiger partial charge in [0.15, 0.2) is 0 Å². The van der Waals surface area contributed by atoms with E-state index in [0.717, 1.165) is 42.9 Å². The van der Waals surface area contributed by atoms with Crippen molar-refractivity contribution in [1.29, 1.82) is 0 Å². The molecule has 0 spiro atoms. The van der Waals surface area contributed by atoms with Gasteiger partial charge in [-0.3, -0.25) is 19.3 Å². The van der Waals surface area contributed by atoms with Crippen molar-refractivity contribution in [2.45, 2.75) is 50.6 Å². The second-order valence-electron chi connectivity index (χ2n) is 9.32. The van der Waals surface area contributed by atoms with E-state index in [1.165, 1.54) is 7.05 Å². The van der Waals surface area contributed by atoms with Crippen LogP contribution in [0.1, 0.15) is 58.4 Å². The van der Waals surface area contributed by atoms with Gasteiger partial charge in [-0.2, -0.15) is 0 Å². The third kappa shape index (κ3) is 8.58. The number of imide groups is 1. The summed E-state index contributed by atoms with van der Waals surface area (Å²) in [6, 6.07) is 4.51. The van der Waals surface area contributed by atoms with Crippen LogP contribution in [0.3, 0.4) is 0 Å². The number of aryl methyl sites for hydroxylation is 1. The molecule has 0 aromatic heterocycles. The molecule has 3 rings (SSSR count). The van der Waals surface area contributed by atoms with Crippen molar-refractivity contribution in [3.8, 4) is 0 Å². The van der Waals surface area contributed by atoms with Gasteiger partial charge in [0, 0.05) is 57.9 Å². The van der Waals surface area contributed by atoms with Gasteiger partial charge in [-0.05, 0) is 43.7 Å². The van der Waals surface area contributed by atoms with Crippen molar-refractivity contribution in [3.63, 3.8) is 0 Å². The van der Waals surface area contributed by atoms with Crippen molar-refractivity contribution in [3.05, 3.63) is 34.9 Å². The highest BCUT2D eigenvalue weighted by atomic mass is 32.2. The third-order valence-electron chi connectivity index (χ3n) is 6.61. The second kappa shape index (κ2) is 15.9. The first-order valence-electron chi connectivity index (χ1n) is 13.2. The summed E-state index contributed by atoms with van der Waals surface area (Å²) in [4.78, 5) is 50.2. The number of nitrogens with two attached hydrogens (primary N) is 1. The molecule has 4 N–H and O–H groups in total. The Hall–Kier alpha value is -2.35. The van der Waals surface area contributed by atoms with Gasteiger partial charge in [0.25, 0.3) is 11.8 Å². The lowest BCUT2D eigenvalue weighted by molar-refractivity contribution is -0.121. The van der Waals surface area contributed by atoms with Crippen molar-refractivity contribution >= 4 is 36.1 Å². The number of nitrogens with zero attached hydrogens (tertiary/aromatic N) is 2. The molecule has 2 heterocycles. The molecule has 11 nitrogen and oxygen atoms in total. The Kier molecular flexibility index (Phi) is 12.6. The Morgan fingerprint density at radius 1 is 1.16 bits per heavy atom. The Morgan fingerprint density at radius 2 is 1.89 bits per heavy atom. The second-order valence-corrected chi connectivity index (χ2v) is 10.3. The van der Waals surface area contributed by atoms with Crippen LogP contribution in [-0.4, -0.2) is 98.4 Å². The monoisotopic (exact) mass is 549 g/mol. The Balaban J connectivity index is 1.33. The lowest BCUT2D eigenvalue weighted by atomic mass is 9.99. The van der Waals surface area contributed by atoms with Crippen molar-refractivity contribution in [2.75, 3.05) is 53.1 Å². The highest BCUT2D eigenvalue weighted by Crippen LogP contribution is 2.29. The zero-order chi connectivity index (χ0) is 27.3. The van der Waals surface area contributed by atoms with Gasteiger partial charge in [0.1, 0.15) is 6.29 Å². The van der Waals surface area contributed by atoms with Crippen LogP contribution < -0.4 is 15.8 Å². The van der Waals surface area contributed by atoms with E-state index in [1.807, 2.05) is 6.07 Å². The number of hydrogen-bond acceptors (Lipinski definition) is 10. The lowest BCUT2D eigenvalue weighted by Crippen LogP contribution is -2.41. The largest absolute Gasteiger partial charge is 0.379 e. The lowest BCUT2D eigenvalue weighted by Gasteiger charge is -2.28. The summed E-state index contributed by atoms with van der Waals surface area (Å²) in [6.07, 6.45) is 3.98. The minimum absolute atomic E-state index is 0.0465. The number of hydrogen-bond donors (Lipinski definition) is 3. The summed E-state index contributed by atoms with van der Waals surface area (Å²) < 4.78 is 16.8. The number of piperidine rings is 1. The summed E-state index contributed by atoms with van der Waals surface area (Å²) in [5.41, 5.74) is 7.30. The summed E-state index contributed by atoms with van der Waals surface area (Å²) in [7, 11) is 1.50. The van der Waals surface area contributed by atoms with Crippen molar-refractivity contribution < 1.29 is 28.7 Å². The van der Waals surface area contributed by atoms with Gasteiger partial charge in [-0.25, -0.2) is 9.03 Å². The van der Waals surface area contributed by atoms with E-state index in [0.29, 0.717) is 62.7 Å². The Bertz CT molecular complexity index is 956. The summed E-state index contributed by atoms with van der Waals surface area (Å²) in [5, 5.41) is 2.48. The summed E-state index contributed by atoms with van der Waals surface area (Å²) >= 11 is 1.62. The van der Waals surface area contributed by atoms with Crippen molar-refractivity contribution in [1.82, 2.24) is 19.2 Å². The highest BCUT2D eigenvalue weighted by Gasteiger charge is 2.41. The Labute approximate surface area is 228 Å².